The van der Waals surface area contributed by atoms with Gasteiger partial charge in [0.2, 0.25) is 0 Å². The molecule has 0 saturated carbocycles. The van der Waals surface area contributed by atoms with Gasteiger partial charge in [0.15, 0.2) is 5.82 Å². The molecule has 0 aliphatic rings. The van der Waals surface area contributed by atoms with Crippen molar-refractivity contribution in [3.8, 4) is 11.4 Å². The van der Waals surface area contributed by atoms with Gasteiger partial charge in [0.25, 0.3) is 0 Å². The van der Waals surface area contributed by atoms with Crippen molar-refractivity contribution in [2.24, 2.45) is 5.73 Å². The molecule has 4 nitrogen and oxygen atoms in total. The number of nitrogens with zero attached hydrogens (tertiary/aromatic N) is 2. The lowest BCUT2D eigenvalue weighted by molar-refractivity contribution is 0.966. The van der Waals surface area contributed by atoms with Gasteiger partial charge < -0.3 is 5.73 Å². The summed E-state index contributed by atoms with van der Waals surface area (Å²) >= 11 is 0. The van der Waals surface area contributed by atoms with Crippen LogP contribution in [-0.2, 0) is 6.42 Å². The van der Waals surface area contributed by atoms with Crippen LogP contribution in [0.25, 0.3) is 11.4 Å². The molecule has 4 heteroatoms. The zero-order valence-corrected chi connectivity index (χ0v) is 8.70. The van der Waals surface area contributed by atoms with Crippen LogP contribution in [0, 0.1) is 6.92 Å². The molecule has 0 atom stereocenters. The van der Waals surface area contributed by atoms with Gasteiger partial charge in [-0.2, -0.15) is 5.10 Å². The number of aromatic amines is 1. The highest BCUT2D eigenvalue weighted by Crippen LogP contribution is 2.19. The Kier molecular flexibility index (Phi) is 2.78. The van der Waals surface area contributed by atoms with E-state index >= 15 is 0 Å². The lowest BCUT2D eigenvalue weighted by Gasteiger charge is -2.03. The van der Waals surface area contributed by atoms with Crippen LogP contribution in [0.1, 0.15) is 11.4 Å². The first-order valence-corrected chi connectivity index (χ1v) is 4.98. The van der Waals surface area contributed by atoms with E-state index in [0.29, 0.717) is 6.54 Å². The summed E-state index contributed by atoms with van der Waals surface area (Å²) in [4.78, 5) is 4.32. The quantitative estimate of drug-likeness (QED) is 0.787. The molecule has 1 heterocycles. The molecule has 1 aromatic carbocycles. The first-order chi connectivity index (χ1) is 7.31. The summed E-state index contributed by atoms with van der Waals surface area (Å²) in [5, 5.41) is 7.00. The van der Waals surface area contributed by atoms with Crippen LogP contribution < -0.4 is 5.73 Å². The van der Waals surface area contributed by atoms with E-state index < -0.39 is 0 Å². The van der Waals surface area contributed by atoms with E-state index in [2.05, 4.69) is 21.2 Å². The number of aryl methyl sites for hydroxylation is 1. The zero-order valence-electron chi connectivity index (χ0n) is 8.70. The predicted molar refractivity (Wildman–Crippen MR) is 59.3 cm³/mol. The second-order valence-corrected chi connectivity index (χ2v) is 3.44. The average molecular weight is 202 g/mol. The van der Waals surface area contributed by atoms with E-state index in [-0.39, 0.29) is 0 Å². The van der Waals surface area contributed by atoms with Gasteiger partial charge in [0.1, 0.15) is 5.82 Å². The third kappa shape index (κ3) is 2.05. The second-order valence-electron chi connectivity index (χ2n) is 3.44. The molecule has 0 amide bonds. The van der Waals surface area contributed by atoms with Gasteiger partial charge in [0.05, 0.1) is 0 Å². The van der Waals surface area contributed by atoms with E-state index in [9.17, 15) is 0 Å². The molecule has 0 fully saturated rings. The lowest BCUT2D eigenvalue weighted by Crippen LogP contribution is -2.04. The molecule has 1 aromatic heterocycles. The fraction of sp³-hybridized carbons (Fsp3) is 0.273. The summed E-state index contributed by atoms with van der Waals surface area (Å²) in [6, 6.07) is 8.08. The van der Waals surface area contributed by atoms with Crippen molar-refractivity contribution >= 4 is 0 Å². The standard InChI is InChI=1S/C11H14N4/c1-8-13-11(15-14-8)10-5-3-2-4-9(10)6-7-12/h2-5H,6-7,12H2,1H3,(H,13,14,15). The van der Waals surface area contributed by atoms with E-state index in [1.54, 1.807) is 0 Å². The number of H-pyrrole nitrogens is 1. The van der Waals surface area contributed by atoms with Crippen LogP contribution in [0.3, 0.4) is 0 Å². The number of benzene rings is 1. The second kappa shape index (κ2) is 4.23. The first-order valence-electron chi connectivity index (χ1n) is 4.98. The monoisotopic (exact) mass is 202 g/mol. The maximum Gasteiger partial charge on any atom is 0.181 e. The van der Waals surface area contributed by atoms with E-state index in [4.69, 9.17) is 5.73 Å². The molecule has 0 bridgehead atoms. The van der Waals surface area contributed by atoms with Gasteiger partial charge in [0, 0.05) is 5.56 Å². The van der Waals surface area contributed by atoms with Crippen molar-refractivity contribution in [1.29, 1.82) is 0 Å². The number of rotatable bonds is 3. The fourth-order valence-electron chi connectivity index (χ4n) is 1.58. The summed E-state index contributed by atoms with van der Waals surface area (Å²) < 4.78 is 0. The van der Waals surface area contributed by atoms with E-state index in [1.807, 2.05) is 25.1 Å². The highest BCUT2D eigenvalue weighted by atomic mass is 15.2. The van der Waals surface area contributed by atoms with Crippen molar-refractivity contribution in [3.63, 3.8) is 0 Å². The largest absolute Gasteiger partial charge is 0.330 e. The number of hydrogen-bond acceptors (Lipinski definition) is 3. The Morgan fingerprint density at radius 2 is 2.13 bits per heavy atom. The Bertz CT molecular complexity index is 447. The molecular formula is C11H14N4. The van der Waals surface area contributed by atoms with Gasteiger partial charge in [-0.25, -0.2) is 4.98 Å². The minimum absolute atomic E-state index is 0.639. The Morgan fingerprint density at radius 3 is 2.80 bits per heavy atom. The zero-order chi connectivity index (χ0) is 10.7. The van der Waals surface area contributed by atoms with Crippen LogP contribution >= 0.6 is 0 Å². The normalized spacial score (nSPS) is 10.5. The maximum absolute atomic E-state index is 5.56. The predicted octanol–water partition coefficient (Wildman–Crippen LogP) is 1.28. The summed E-state index contributed by atoms with van der Waals surface area (Å²) in [6.45, 7) is 2.53. The van der Waals surface area contributed by atoms with E-state index in [1.165, 1.54) is 5.56 Å². The van der Waals surface area contributed by atoms with Crippen LogP contribution in [0.2, 0.25) is 0 Å². The van der Waals surface area contributed by atoms with E-state index in [0.717, 1.165) is 23.6 Å². The number of aromatic nitrogens is 3. The Labute approximate surface area is 88.5 Å². The van der Waals surface area contributed by atoms with Gasteiger partial charge >= 0.3 is 0 Å². The smallest absolute Gasteiger partial charge is 0.181 e. The molecule has 15 heavy (non-hydrogen) atoms. The van der Waals surface area contributed by atoms with Crippen molar-refractivity contribution in [1.82, 2.24) is 15.2 Å². The molecule has 0 saturated heterocycles. The van der Waals surface area contributed by atoms with Crippen molar-refractivity contribution in [2.45, 2.75) is 13.3 Å². The third-order valence-corrected chi connectivity index (χ3v) is 2.27. The summed E-state index contributed by atoms with van der Waals surface area (Å²) in [7, 11) is 0. The summed E-state index contributed by atoms with van der Waals surface area (Å²) in [5.41, 5.74) is 7.82. The Hall–Kier alpha value is -1.68. The number of hydrogen-bond donors (Lipinski definition) is 2. The summed E-state index contributed by atoms with van der Waals surface area (Å²) in [5.74, 6) is 1.57. The maximum atomic E-state index is 5.56. The molecule has 0 unspecified atom stereocenters. The molecule has 0 radical (unpaired) electrons. The molecule has 2 aromatic rings. The first kappa shape index (κ1) is 9.86. The van der Waals surface area contributed by atoms with Crippen molar-refractivity contribution < 1.29 is 0 Å². The molecule has 0 spiro atoms. The topological polar surface area (TPSA) is 67.6 Å². The van der Waals surface area contributed by atoms with Gasteiger partial charge in [-0.15, -0.1) is 0 Å². The molecule has 0 aliphatic carbocycles. The highest BCUT2D eigenvalue weighted by Gasteiger charge is 2.07. The fourth-order valence-corrected chi connectivity index (χ4v) is 1.58. The van der Waals surface area contributed by atoms with Crippen LogP contribution in [0.4, 0.5) is 0 Å². The van der Waals surface area contributed by atoms with Crippen LogP contribution in [0.15, 0.2) is 24.3 Å². The third-order valence-electron chi connectivity index (χ3n) is 2.27. The van der Waals surface area contributed by atoms with Gasteiger partial charge in [-0.05, 0) is 25.5 Å². The molecule has 3 N–H and O–H groups in total. The van der Waals surface area contributed by atoms with Crippen LogP contribution in [-0.4, -0.2) is 21.7 Å². The van der Waals surface area contributed by atoms with Gasteiger partial charge in [-0.1, -0.05) is 24.3 Å². The van der Waals surface area contributed by atoms with Crippen molar-refractivity contribution in [2.75, 3.05) is 6.54 Å². The minimum atomic E-state index is 0.639. The number of nitrogens with two attached hydrogens (primary N) is 1. The number of nitrogens with one attached hydrogen (secondary N) is 1. The van der Waals surface area contributed by atoms with Crippen LogP contribution in [0.5, 0.6) is 0 Å². The highest BCUT2D eigenvalue weighted by molar-refractivity contribution is 5.59. The molecule has 0 aliphatic heterocycles. The average Bonchev–Trinajstić information content (AvgIpc) is 2.66. The Balaban J connectivity index is 2.42. The lowest BCUT2D eigenvalue weighted by atomic mass is 10.0. The molecule has 2 rings (SSSR count). The summed E-state index contributed by atoms with van der Waals surface area (Å²) in [6.07, 6.45) is 0.851. The Morgan fingerprint density at radius 1 is 1.33 bits per heavy atom. The minimum Gasteiger partial charge on any atom is -0.330 e. The SMILES string of the molecule is Cc1nc(-c2ccccc2CCN)n[nH]1. The molecule has 78 valence electrons. The van der Waals surface area contributed by atoms with Gasteiger partial charge in [-0.3, -0.25) is 5.10 Å². The van der Waals surface area contributed by atoms with Crippen molar-refractivity contribution in [3.05, 3.63) is 35.7 Å². The molecular weight excluding hydrogens is 188 g/mol.